The third-order valence-electron chi connectivity index (χ3n) is 2.68. The van der Waals surface area contributed by atoms with E-state index >= 15 is 0 Å². The quantitative estimate of drug-likeness (QED) is 0.692. The molecule has 0 spiro atoms. The van der Waals surface area contributed by atoms with Crippen molar-refractivity contribution in [2.45, 2.75) is 4.90 Å². The van der Waals surface area contributed by atoms with Gasteiger partial charge in [-0.1, -0.05) is 11.6 Å². The number of anilines is 1. The molecule has 4 nitrogen and oxygen atoms in total. The molecule has 2 aromatic carbocycles. The summed E-state index contributed by atoms with van der Waals surface area (Å²) in [6, 6.07) is 6.45. The molecule has 0 amide bonds. The summed E-state index contributed by atoms with van der Waals surface area (Å²) in [6.07, 6.45) is 0. The third-order valence-corrected chi connectivity index (χ3v) is 3.73. The number of nitrogens with zero attached hydrogens (tertiary/aromatic N) is 1. The minimum atomic E-state index is -0.959. The number of aliphatic imine (C=N–C) groups is 1. The predicted octanol–water partition coefficient (Wildman–Crippen LogP) is 4.03. The molecule has 0 unspecified atom stereocenters. The van der Waals surface area contributed by atoms with E-state index in [1.165, 1.54) is 24.1 Å². The molecule has 0 aliphatic carbocycles. The number of phenolic OH excluding ortho intramolecular Hbond substituents is 1. The van der Waals surface area contributed by atoms with Gasteiger partial charge in [-0.25, -0.2) is 13.8 Å². The Morgan fingerprint density at radius 3 is 2.76 bits per heavy atom. The fourth-order valence-electron chi connectivity index (χ4n) is 1.75. The number of guanidine groups is 1. The van der Waals surface area contributed by atoms with Crippen LogP contribution in [-0.4, -0.2) is 11.1 Å². The van der Waals surface area contributed by atoms with Gasteiger partial charge < -0.3 is 10.4 Å². The van der Waals surface area contributed by atoms with Crippen LogP contribution < -0.4 is 10.0 Å². The number of aromatic hydroxyl groups is 1. The monoisotopic (exact) mass is 327 g/mol. The van der Waals surface area contributed by atoms with Crippen molar-refractivity contribution in [1.82, 2.24) is 4.72 Å². The van der Waals surface area contributed by atoms with Gasteiger partial charge in [0.05, 0.1) is 4.90 Å². The smallest absolute Gasteiger partial charge is 0.211 e. The number of benzene rings is 2. The summed E-state index contributed by atoms with van der Waals surface area (Å²) < 4.78 is 28.9. The molecule has 8 heteroatoms. The highest BCUT2D eigenvalue weighted by Gasteiger charge is 2.17. The number of nitrogens with one attached hydrogen (secondary N) is 2. The Labute approximate surface area is 128 Å². The molecule has 0 saturated carbocycles. The van der Waals surface area contributed by atoms with Gasteiger partial charge in [0.25, 0.3) is 0 Å². The van der Waals surface area contributed by atoms with Crippen LogP contribution in [0.2, 0.25) is 5.02 Å². The van der Waals surface area contributed by atoms with E-state index in [4.69, 9.17) is 11.6 Å². The summed E-state index contributed by atoms with van der Waals surface area (Å²) in [6.45, 7) is 0. The first-order valence-corrected chi connectivity index (χ1v) is 6.98. The molecule has 0 aromatic heterocycles. The highest BCUT2D eigenvalue weighted by Crippen LogP contribution is 2.41. The van der Waals surface area contributed by atoms with Crippen LogP contribution in [0, 0.1) is 11.6 Å². The minimum absolute atomic E-state index is 0.0592. The molecule has 3 N–H and O–H groups in total. The van der Waals surface area contributed by atoms with Gasteiger partial charge in [-0.15, -0.1) is 0 Å². The van der Waals surface area contributed by atoms with Gasteiger partial charge in [-0.3, -0.25) is 4.72 Å². The average Bonchev–Trinajstić information content (AvgIpc) is 2.43. The van der Waals surface area contributed by atoms with E-state index in [9.17, 15) is 13.9 Å². The van der Waals surface area contributed by atoms with Crippen molar-refractivity contribution < 1.29 is 13.9 Å². The van der Waals surface area contributed by atoms with E-state index in [-0.39, 0.29) is 11.7 Å². The topological polar surface area (TPSA) is 56.7 Å². The lowest BCUT2D eigenvalue weighted by atomic mass is 10.3. The SMILES string of the molecule is Oc1cc(Cl)cc2c1N=C(Nc1ccc(F)c(F)c1)NS2. The second-order valence-corrected chi connectivity index (χ2v) is 5.47. The van der Waals surface area contributed by atoms with Gasteiger partial charge in [0.2, 0.25) is 5.96 Å². The molecule has 0 atom stereocenters. The molecule has 0 radical (unpaired) electrons. The molecule has 3 rings (SSSR count). The van der Waals surface area contributed by atoms with Crippen molar-refractivity contribution >= 4 is 40.9 Å². The summed E-state index contributed by atoms with van der Waals surface area (Å²) in [5.41, 5.74) is 0.686. The average molecular weight is 328 g/mol. The minimum Gasteiger partial charge on any atom is -0.506 e. The Hall–Kier alpha value is -1.99. The van der Waals surface area contributed by atoms with Crippen LogP contribution in [0.15, 0.2) is 40.2 Å². The maximum atomic E-state index is 13.1. The number of halogens is 3. The van der Waals surface area contributed by atoms with Crippen LogP contribution in [0.5, 0.6) is 5.75 Å². The second kappa shape index (κ2) is 5.42. The van der Waals surface area contributed by atoms with E-state index < -0.39 is 11.6 Å². The molecule has 1 aliphatic heterocycles. The molecule has 0 fully saturated rings. The Balaban J connectivity index is 1.90. The third kappa shape index (κ3) is 2.88. The summed E-state index contributed by atoms with van der Waals surface area (Å²) in [4.78, 5) is 4.84. The summed E-state index contributed by atoms with van der Waals surface area (Å²) in [5.74, 6) is -1.66. The Kier molecular flexibility index (Phi) is 3.60. The van der Waals surface area contributed by atoms with Crippen LogP contribution in [0.1, 0.15) is 0 Å². The van der Waals surface area contributed by atoms with Crippen molar-refractivity contribution in [2.75, 3.05) is 5.32 Å². The largest absolute Gasteiger partial charge is 0.506 e. The molecule has 1 heterocycles. The number of rotatable bonds is 1. The molecular weight excluding hydrogens is 320 g/mol. The second-order valence-electron chi connectivity index (χ2n) is 4.19. The van der Waals surface area contributed by atoms with Crippen molar-refractivity contribution in [3.8, 4) is 5.75 Å². The Morgan fingerprint density at radius 1 is 1.19 bits per heavy atom. The number of fused-ring (bicyclic) bond motifs is 1. The van der Waals surface area contributed by atoms with Gasteiger partial charge in [0, 0.05) is 22.8 Å². The van der Waals surface area contributed by atoms with Gasteiger partial charge in [0.1, 0.15) is 11.4 Å². The molecule has 0 bridgehead atoms. The van der Waals surface area contributed by atoms with Crippen molar-refractivity contribution in [3.63, 3.8) is 0 Å². The molecule has 0 saturated heterocycles. The first kappa shape index (κ1) is 14.0. The molecular formula is C13H8ClF2N3OS. The number of hydrogen-bond acceptors (Lipinski definition) is 5. The lowest BCUT2D eigenvalue weighted by Gasteiger charge is -2.18. The highest BCUT2D eigenvalue weighted by atomic mass is 35.5. The molecule has 2 aromatic rings. The van der Waals surface area contributed by atoms with Gasteiger partial charge in [-0.05, 0) is 30.1 Å². The molecule has 108 valence electrons. The van der Waals surface area contributed by atoms with Crippen molar-refractivity contribution in [3.05, 3.63) is 47.0 Å². The summed E-state index contributed by atoms with van der Waals surface area (Å²) in [5, 5.41) is 13.0. The zero-order valence-electron chi connectivity index (χ0n) is 10.3. The normalized spacial score (nSPS) is 13.2. The van der Waals surface area contributed by atoms with E-state index in [1.807, 2.05) is 0 Å². The van der Waals surface area contributed by atoms with Crippen LogP contribution in [0.4, 0.5) is 20.2 Å². The van der Waals surface area contributed by atoms with Crippen LogP contribution >= 0.6 is 23.5 Å². The number of hydrogen-bond donors (Lipinski definition) is 3. The van der Waals surface area contributed by atoms with Crippen molar-refractivity contribution in [2.24, 2.45) is 4.99 Å². The fourth-order valence-corrected chi connectivity index (χ4v) is 2.77. The van der Waals surface area contributed by atoms with Crippen LogP contribution in [0.25, 0.3) is 0 Å². The zero-order valence-corrected chi connectivity index (χ0v) is 11.9. The maximum absolute atomic E-state index is 13.1. The van der Waals surface area contributed by atoms with Gasteiger partial charge in [-0.2, -0.15) is 0 Å². The summed E-state index contributed by atoms with van der Waals surface area (Å²) >= 11 is 7.03. The lowest BCUT2D eigenvalue weighted by Crippen LogP contribution is -2.26. The first-order valence-electron chi connectivity index (χ1n) is 5.79. The van der Waals surface area contributed by atoms with Crippen molar-refractivity contribution in [1.29, 1.82) is 0 Å². The van der Waals surface area contributed by atoms with Gasteiger partial charge in [0.15, 0.2) is 11.6 Å². The van der Waals surface area contributed by atoms with E-state index in [0.29, 0.717) is 21.3 Å². The highest BCUT2D eigenvalue weighted by molar-refractivity contribution is 7.98. The maximum Gasteiger partial charge on any atom is 0.211 e. The first-order chi connectivity index (χ1) is 10.0. The van der Waals surface area contributed by atoms with Crippen LogP contribution in [-0.2, 0) is 0 Å². The van der Waals surface area contributed by atoms with Gasteiger partial charge >= 0.3 is 0 Å². The Morgan fingerprint density at radius 2 is 2.00 bits per heavy atom. The van der Waals surface area contributed by atoms with E-state index in [2.05, 4.69) is 15.0 Å². The van der Waals surface area contributed by atoms with Crippen LogP contribution in [0.3, 0.4) is 0 Å². The number of phenols is 1. The van der Waals surface area contributed by atoms with E-state index in [0.717, 1.165) is 12.1 Å². The predicted molar refractivity (Wildman–Crippen MR) is 79.2 cm³/mol. The lowest BCUT2D eigenvalue weighted by molar-refractivity contribution is 0.475. The van der Waals surface area contributed by atoms with E-state index in [1.54, 1.807) is 6.07 Å². The molecule has 1 aliphatic rings. The molecule has 21 heavy (non-hydrogen) atoms. The fraction of sp³-hybridized carbons (Fsp3) is 0. The standard InChI is InChI=1S/C13H8ClF2N3OS/c14-6-3-10(20)12-11(4-6)21-19-13(18-12)17-7-1-2-8(15)9(16)5-7/h1-5,20H,(H2,17,18,19). The summed E-state index contributed by atoms with van der Waals surface area (Å²) in [7, 11) is 0. The Bertz CT molecular complexity index is 754. The zero-order chi connectivity index (χ0) is 15.0.